The van der Waals surface area contributed by atoms with Crippen LogP contribution in [0.2, 0.25) is 0 Å². The zero-order valence-corrected chi connectivity index (χ0v) is 14.8. The smallest absolute Gasteiger partial charge is 0.271 e. The van der Waals surface area contributed by atoms with Gasteiger partial charge in [-0.25, -0.2) is 5.43 Å². The van der Waals surface area contributed by atoms with Gasteiger partial charge in [-0.3, -0.25) is 9.78 Å². The quantitative estimate of drug-likeness (QED) is 0.517. The highest BCUT2D eigenvalue weighted by molar-refractivity contribution is 5.94. The second kappa shape index (κ2) is 9.15. The lowest BCUT2D eigenvalue weighted by Crippen LogP contribution is -2.17. The fourth-order valence-electron chi connectivity index (χ4n) is 2.35. The van der Waals surface area contributed by atoms with Crippen LogP contribution in [-0.2, 0) is 6.61 Å². The predicted octanol–water partition coefficient (Wildman–Crippen LogP) is 3.43. The highest BCUT2D eigenvalue weighted by Gasteiger charge is 2.06. The molecule has 0 aliphatic carbocycles. The van der Waals surface area contributed by atoms with Gasteiger partial charge in [0.15, 0.2) is 11.5 Å². The summed E-state index contributed by atoms with van der Waals surface area (Å²) in [6, 6.07) is 18.6. The van der Waals surface area contributed by atoms with E-state index in [1.165, 1.54) is 0 Å². The molecule has 1 N–H and O–H groups in total. The summed E-state index contributed by atoms with van der Waals surface area (Å²) in [5.74, 6) is 0.929. The van der Waals surface area contributed by atoms with Crippen molar-refractivity contribution in [1.82, 2.24) is 10.4 Å². The molecular formula is C21H19N3O3. The lowest BCUT2D eigenvalue weighted by molar-refractivity contribution is 0.0955. The normalized spacial score (nSPS) is 10.6. The number of hydrazone groups is 1. The second-order valence-electron chi connectivity index (χ2n) is 5.62. The molecule has 27 heavy (non-hydrogen) atoms. The lowest BCUT2D eigenvalue weighted by Gasteiger charge is -2.11. The van der Waals surface area contributed by atoms with E-state index in [0.717, 1.165) is 11.1 Å². The maximum atomic E-state index is 11.9. The minimum absolute atomic E-state index is 0.302. The van der Waals surface area contributed by atoms with Crippen molar-refractivity contribution in [3.05, 3.63) is 89.7 Å². The van der Waals surface area contributed by atoms with Crippen LogP contribution < -0.4 is 14.9 Å². The Morgan fingerprint density at radius 3 is 2.59 bits per heavy atom. The van der Waals surface area contributed by atoms with Crippen LogP contribution in [-0.4, -0.2) is 24.2 Å². The van der Waals surface area contributed by atoms with Gasteiger partial charge in [0.25, 0.3) is 5.91 Å². The van der Waals surface area contributed by atoms with Gasteiger partial charge in [-0.05, 0) is 41.5 Å². The summed E-state index contributed by atoms with van der Waals surface area (Å²) in [6.07, 6.45) is 4.65. The van der Waals surface area contributed by atoms with E-state index in [1.54, 1.807) is 43.9 Å². The molecule has 3 rings (SSSR count). The molecule has 0 bridgehead atoms. The maximum absolute atomic E-state index is 11.9. The number of carbonyl (C=O) groups is 1. The van der Waals surface area contributed by atoms with E-state index in [4.69, 9.17) is 9.47 Å². The zero-order valence-electron chi connectivity index (χ0n) is 14.8. The van der Waals surface area contributed by atoms with Crippen LogP contribution >= 0.6 is 0 Å². The first-order valence-corrected chi connectivity index (χ1v) is 8.34. The number of rotatable bonds is 7. The third-order valence-electron chi connectivity index (χ3n) is 3.75. The SMILES string of the molecule is COc1cc(C=NNC(=O)c2ccncc2)ccc1OCc1ccccc1. The summed E-state index contributed by atoms with van der Waals surface area (Å²) in [6.45, 7) is 0.451. The van der Waals surface area contributed by atoms with Crippen LogP contribution in [0.4, 0.5) is 0 Å². The minimum Gasteiger partial charge on any atom is -0.493 e. The summed E-state index contributed by atoms with van der Waals surface area (Å²) in [4.78, 5) is 15.8. The molecule has 1 amide bonds. The molecule has 0 saturated heterocycles. The van der Waals surface area contributed by atoms with Crippen molar-refractivity contribution in [2.75, 3.05) is 7.11 Å². The summed E-state index contributed by atoms with van der Waals surface area (Å²) < 4.78 is 11.2. The molecule has 136 valence electrons. The first kappa shape index (κ1) is 18.1. The zero-order chi connectivity index (χ0) is 18.9. The summed E-state index contributed by atoms with van der Waals surface area (Å²) in [7, 11) is 1.58. The van der Waals surface area contributed by atoms with Gasteiger partial charge < -0.3 is 9.47 Å². The number of aromatic nitrogens is 1. The number of ether oxygens (including phenoxy) is 2. The summed E-state index contributed by atoms with van der Waals surface area (Å²) in [5, 5.41) is 3.98. The average Bonchev–Trinajstić information content (AvgIpc) is 2.74. The Labute approximate surface area is 157 Å². The number of benzene rings is 2. The topological polar surface area (TPSA) is 72.8 Å². The molecule has 0 aliphatic rings. The Kier molecular flexibility index (Phi) is 6.14. The van der Waals surface area contributed by atoms with Gasteiger partial charge in [0.05, 0.1) is 13.3 Å². The molecular weight excluding hydrogens is 342 g/mol. The van der Waals surface area contributed by atoms with Crippen LogP contribution in [0.3, 0.4) is 0 Å². The van der Waals surface area contributed by atoms with E-state index >= 15 is 0 Å². The standard InChI is InChI=1S/C21H19N3O3/c1-26-20-13-17(14-23-24-21(25)18-9-11-22-12-10-18)7-8-19(20)27-15-16-5-3-2-4-6-16/h2-14H,15H2,1H3,(H,24,25). The van der Waals surface area contributed by atoms with Gasteiger partial charge in [-0.2, -0.15) is 5.10 Å². The fraction of sp³-hybridized carbons (Fsp3) is 0.0952. The number of amides is 1. The number of carbonyl (C=O) groups excluding carboxylic acids is 1. The predicted molar refractivity (Wildman–Crippen MR) is 103 cm³/mol. The molecule has 0 unspecified atom stereocenters. The van der Waals surface area contributed by atoms with E-state index in [0.29, 0.717) is 23.7 Å². The Morgan fingerprint density at radius 1 is 1.07 bits per heavy atom. The van der Waals surface area contributed by atoms with Crippen molar-refractivity contribution in [3.8, 4) is 11.5 Å². The molecule has 0 fully saturated rings. The van der Waals surface area contributed by atoms with E-state index < -0.39 is 0 Å². The maximum Gasteiger partial charge on any atom is 0.271 e. The van der Waals surface area contributed by atoms with Gasteiger partial charge in [0.1, 0.15) is 6.61 Å². The molecule has 6 nitrogen and oxygen atoms in total. The van der Waals surface area contributed by atoms with Gasteiger partial charge in [0.2, 0.25) is 0 Å². The first-order valence-electron chi connectivity index (χ1n) is 8.34. The summed E-state index contributed by atoms with van der Waals surface area (Å²) in [5.41, 5.74) is 4.81. The second-order valence-corrected chi connectivity index (χ2v) is 5.62. The van der Waals surface area contributed by atoms with E-state index in [1.807, 2.05) is 42.5 Å². The average molecular weight is 361 g/mol. The number of hydrogen-bond donors (Lipinski definition) is 1. The number of hydrogen-bond acceptors (Lipinski definition) is 5. The van der Waals surface area contributed by atoms with E-state index in [-0.39, 0.29) is 5.91 Å². The van der Waals surface area contributed by atoms with Crippen molar-refractivity contribution >= 4 is 12.1 Å². The molecule has 6 heteroatoms. The number of nitrogens with zero attached hydrogens (tertiary/aromatic N) is 2. The first-order chi connectivity index (χ1) is 13.3. The minimum atomic E-state index is -0.302. The van der Waals surface area contributed by atoms with Gasteiger partial charge in [0, 0.05) is 18.0 Å². The van der Waals surface area contributed by atoms with Crippen LogP contribution in [0.15, 0.2) is 78.2 Å². The Bertz CT molecular complexity index is 912. The fourth-order valence-corrected chi connectivity index (χ4v) is 2.35. The molecule has 0 saturated carbocycles. The number of nitrogens with one attached hydrogen (secondary N) is 1. The Hall–Kier alpha value is -3.67. The van der Waals surface area contributed by atoms with E-state index in [2.05, 4.69) is 15.5 Å². The third-order valence-corrected chi connectivity index (χ3v) is 3.75. The molecule has 1 aromatic heterocycles. The monoisotopic (exact) mass is 361 g/mol. The lowest BCUT2D eigenvalue weighted by atomic mass is 10.2. The van der Waals surface area contributed by atoms with Crippen LogP contribution in [0.1, 0.15) is 21.5 Å². The highest BCUT2D eigenvalue weighted by Crippen LogP contribution is 2.28. The molecule has 0 radical (unpaired) electrons. The molecule has 0 spiro atoms. The molecule has 0 atom stereocenters. The van der Waals surface area contributed by atoms with Crippen molar-refractivity contribution in [2.24, 2.45) is 5.10 Å². The van der Waals surface area contributed by atoms with Crippen molar-refractivity contribution in [2.45, 2.75) is 6.61 Å². The molecule has 0 aliphatic heterocycles. The van der Waals surface area contributed by atoms with Gasteiger partial charge >= 0.3 is 0 Å². The Morgan fingerprint density at radius 2 is 1.85 bits per heavy atom. The van der Waals surface area contributed by atoms with Crippen LogP contribution in [0, 0.1) is 0 Å². The van der Waals surface area contributed by atoms with Crippen molar-refractivity contribution in [1.29, 1.82) is 0 Å². The summed E-state index contributed by atoms with van der Waals surface area (Å²) >= 11 is 0. The van der Waals surface area contributed by atoms with Crippen LogP contribution in [0.25, 0.3) is 0 Å². The van der Waals surface area contributed by atoms with Crippen molar-refractivity contribution in [3.63, 3.8) is 0 Å². The molecule has 2 aromatic carbocycles. The van der Waals surface area contributed by atoms with Crippen molar-refractivity contribution < 1.29 is 14.3 Å². The third kappa shape index (κ3) is 5.15. The highest BCUT2D eigenvalue weighted by atomic mass is 16.5. The Balaban J connectivity index is 1.62. The number of pyridine rings is 1. The molecule has 1 heterocycles. The van der Waals surface area contributed by atoms with E-state index in [9.17, 15) is 4.79 Å². The van der Waals surface area contributed by atoms with Gasteiger partial charge in [-0.1, -0.05) is 30.3 Å². The number of methoxy groups -OCH3 is 1. The molecule has 3 aromatic rings. The largest absolute Gasteiger partial charge is 0.493 e. The van der Waals surface area contributed by atoms with Crippen LogP contribution in [0.5, 0.6) is 11.5 Å². The van der Waals surface area contributed by atoms with Gasteiger partial charge in [-0.15, -0.1) is 0 Å².